The highest BCUT2D eigenvalue weighted by molar-refractivity contribution is 6.33. The van der Waals surface area contributed by atoms with Crippen LogP contribution in [0.1, 0.15) is 24.4 Å². The number of aliphatic hydroxyl groups excluding tert-OH is 1. The van der Waals surface area contributed by atoms with Crippen molar-refractivity contribution in [2.24, 2.45) is 0 Å². The molecule has 1 aromatic carbocycles. The molecule has 18 heavy (non-hydrogen) atoms. The van der Waals surface area contributed by atoms with Crippen molar-refractivity contribution in [1.29, 1.82) is 0 Å². The number of aliphatic hydroxyl groups is 1. The van der Waals surface area contributed by atoms with Crippen molar-refractivity contribution in [1.82, 2.24) is 0 Å². The van der Waals surface area contributed by atoms with Gasteiger partial charge in [-0.05, 0) is 36.8 Å². The largest absolute Gasteiger partial charge is 0.467 e. The molecule has 1 N–H and O–H groups in total. The van der Waals surface area contributed by atoms with E-state index in [-0.39, 0.29) is 0 Å². The Balaban J connectivity index is 2.17. The molecule has 1 atom stereocenters. The van der Waals surface area contributed by atoms with Gasteiger partial charge in [-0.15, -0.1) is 0 Å². The molecule has 0 aliphatic carbocycles. The summed E-state index contributed by atoms with van der Waals surface area (Å²) >= 11 is 6.23. The number of anilines is 1. The van der Waals surface area contributed by atoms with E-state index in [9.17, 15) is 5.11 Å². The fourth-order valence-electron chi connectivity index (χ4n) is 1.81. The summed E-state index contributed by atoms with van der Waals surface area (Å²) < 4.78 is 5.30. The highest BCUT2D eigenvalue weighted by Gasteiger charge is 2.10. The van der Waals surface area contributed by atoms with Crippen LogP contribution >= 0.6 is 11.6 Å². The topological polar surface area (TPSA) is 36.6 Å². The minimum Gasteiger partial charge on any atom is -0.467 e. The summed E-state index contributed by atoms with van der Waals surface area (Å²) in [6, 6.07) is 9.37. The molecule has 2 rings (SSSR count). The van der Waals surface area contributed by atoms with Crippen LogP contribution in [0.2, 0.25) is 5.02 Å². The number of hydrogen-bond donors (Lipinski definition) is 1. The van der Waals surface area contributed by atoms with Gasteiger partial charge in [0.2, 0.25) is 0 Å². The van der Waals surface area contributed by atoms with Gasteiger partial charge in [-0.1, -0.05) is 17.7 Å². The van der Waals surface area contributed by atoms with Gasteiger partial charge < -0.3 is 14.4 Å². The highest BCUT2D eigenvalue weighted by Crippen LogP contribution is 2.29. The summed E-state index contributed by atoms with van der Waals surface area (Å²) in [6.45, 7) is 2.37. The normalized spacial score (nSPS) is 12.4. The molecule has 0 unspecified atom stereocenters. The summed E-state index contributed by atoms with van der Waals surface area (Å²) in [5.41, 5.74) is 1.73. The minimum atomic E-state index is -0.507. The van der Waals surface area contributed by atoms with E-state index in [1.54, 1.807) is 19.3 Å². The van der Waals surface area contributed by atoms with Crippen LogP contribution in [0.15, 0.2) is 41.0 Å². The fraction of sp³-hybridized carbons (Fsp3) is 0.286. The van der Waals surface area contributed by atoms with Crippen LogP contribution in [-0.2, 0) is 6.54 Å². The molecule has 4 heteroatoms. The summed E-state index contributed by atoms with van der Waals surface area (Å²) in [4.78, 5) is 2.01. The zero-order valence-electron chi connectivity index (χ0n) is 10.4. The lowest BCUT2D eigenvalue weighted by Crippen LogP contribution is -2.16. The average molecular weight is 266 g/mol. The molecule has 0 aliphatic rings. The summed E-state index contributed by atoms with van der Waals surface area (Å²) in [7, 11) is 1.95. The molecule has 0 fully saturated rings. The smallest absolute Gasteiger partial charge is 0.123 e. The standard InChI is InChI=1S/C14H16ClNO2/c1-10(17)11-5-6-14(13(15)8-11)16(2)9-12-4-3-7-18-12/h3-8,10,17H,9H2,1-2H3/t10-/m1/s1. The predicted octanol–water partition coefficient (Wildman–Crippen LogP) is 3.62. The Kier molecular flexibility index (Phi) is 3.94. The second-order valence-electron chi connectivity index (χ2n) is 4.32. The number of hydrogen-bond acceptors (Lipinski definition) is 3. The second kappa shape index (κ2) is 5.46. The molecule has 0 bridgehead atoms. The van der Waals surface area contributed by atoms with Crippen molar-refractivity contribution in [2.75, 3.05) is 11.9 Å². The van der Waals surface area contributed by atoms with E-state index in [0.29, 0.717) is 11.6 Å². The van der Waals surface area contributed by atoms with E-state index < -0.39 is 6.10 Å². The lowest BCUT2D eigenvalue weighted by atomic mass is 10.1. The third-order valence-electron chi connectivity index (χ3n) is 2.84. The summed E-state index contributed by atoms with van der Waals surface area (Å²) in [5.74, 6) is 0.883. The van der Waals surface area contributed by atoms with E-state index in [4.69, 9.17) is 16.0 Å². The van der Waals surface area contributed by atoms with E-state index in [2.05, 4.69) is 0 Å². The van der Waals surface area contributed by atoms with E-state index >= 15 is 0 Å². The van der Waals surface area contributed by atoms with Crippen molar-refractivity contribution in [3.63, 3.8) is 0 Å². The molecule has 0 saturated heterocycles. The van der Waals surface area contributed by atoms with Crippen LogP contribution < -0.4 is 4.90 Å². The first kappa shape index (κ1) is 13.0. The maximum atomic E-state index is 9.50. The molecule has 0 amide bonds. The van der Waals surface area contributed by atoms with Gasteiger partial charge in [0.1, 0.15) is 5.76 Å². The molecule has 2 aromatic rings. The monoisotopic (exact) mass is 265 g/mol. The Morgan fingerprint density at radius 1 is 1.39 bits per heavy atom. The maximum Gasteiger partial charge on any atom is 0.123 e. The van der Waals surface area contributed by atoms with Crippen molar-refractivity contribution in [3.8, 4) is 0 Å². The number of halogens is 1. The van der Waals surface area contributed by atoms with Crippen molar-refractivity contribution in [2.45, 2.75) is 19.6 Å². The molecule has 0 spiro atoms. The molecule has 1 aromatic heterocycles. The van der Waals surface area contributed by atoms with Gasteiger partial charge in [0.25, 0.3) is 0 Å². The van der Waals surface area contributed by atoms with Crippen molar-refractivity contribution in [3.05, 3.63) is 52.9 Å². The quantitative estimate of drug-likeness (QED) is 0.917. The molecular formula is C14H16ClNO2. The number of rotatable bonds is 4. The molecule has 0 radical (unpaired) electrons. The van der Waals surface area contributed by atoms with Crippen LogP contribution in [0.5, 0.6) is 0 Å². The second-order valence-corrected chi connectivity index (χ2v) is 4.73. The molecular weight excluding hydrogens is 250 g/mol. The van der Waals surface area contributed by atoms with Gasteiger partial charge in [0.05, 0.1) is 29.6 Å². The lowest BCUT2D eigenvalue weighted by Gasteiger charge is -2.20. The van der Waals surface area contributed by atoms with Gasteiger partial charge in [-0.3, -0.25) is 0 Å². The Morgan fingerprint density at radius 3 is 2.72 bits per heavy atom. The molecule has 0 aliphatic heterocycles. The Morgan fingerprint density at radius 2 is 2.17 bits per heavy atom. The van der Waals surface area contributed by atoms with Gasteiger partial charge in [-0.25, -0.2) is 0 Å². The number of nitrogens with zero attached hydrogens (tertiary/aromatic N) is 1. The van der Waals surface area contributed by atoms with Crippen molar-refractivity contribution < 1.29 is 9.52 Å². The maximum absolute atomic E-state index is 9.50. The van der Waals surface area contributed by atoms with E-state index in [1.165, 1.54) is 0 Å². The van der Waals surface area contributed by atoms with Crippen LogP contribution in [0.25, 0.3) is 0 Å². The SMILES string of the molecule is C[C@@H](O)c1ccc(N(C)Cc2ccco2)c(Cl)c1. The Bertz CT molecular complexity index is 509. The zero-order valence-corrected chi connectivity index (χ0v) is 11.2. The van der Waals surface area contributed by atoms with Gasteiger partial charge in [0, 0.05) is 7.05 Å². The third-order valence-corrected chi connectivity index (χ3v) is 3.14. The third kappa shape index (κ3) is 2.86. The van der Waals surface area contributed by atoms with Crippen LogP contribution in [0, 0.1) is 0 Å². The van der Waals surface area contributed by atoms with Crippen LogP contribution in [-0.4, -0.2) is 12.2 Å². The van der Waals surface area contributed by atoms with Crippen LogP contribution in [0.3, 0.4) is 0 Å². The minimum absolute atomic E-state index is 0.507. The van der Waals surface area contributed by atoms with Gasteiger partial charge >= 0.3 is 0 Å². The molecule has 0 saturated carbocycles. The summed E-state index contributed by atoms with van der Waals surface area (Å²) in [6.07, 6.45) is 1.15. The first-order chi connectivity index (χ1) is 8.58. The van der Waals surface area contributed by atoms with Crippen LogP contribution in [0.4, 0.5) is 5.69 Å². The molecule has 1 heterocycles. The summed E-state index contributed by atoms with van der Waals surface area (Å²) in [5, 5.41) is 10.1. The van der Waals surface area contributed by atoms with E-state index in [0.717, 1.165) is 17.0 Å². The van der Waals surface area contributed by atoms with Gasteiger partial charge in [-0.2, -0.15) is 0 Å². The molecule has 96 valence electrons. The Labute approximate surface area is 112 Å². The first-order valence-electron chi connectivity index (χ1n) is 5.79. The average Bonchev–Trinajstić information content (AvgIpc) is 2.81. The first-order valence-corrected chi connectivity index (χ1v) is 6.16. The van der Waals surface area contributed by atoms with E-state index in [1.807, 2.05) is 36.2 Å². The molecule has 3 nitrogen and oxygen atoms in total. The highest BCUT2D eigenvalue weighted by atomic mass is 35.5. The number of benzene rings is 1. The lowest BCUT2D eigenvalue weighted by molar-refractivity contribution is 0.199. The fourth-order valence-corrected chi connectivity index (χ4v) is 2.15. The predicted molar refractivity (Wildman–Crippen MR) is 72.9 cm³/mol. The zero-order chi connectivity index (χ0) is 13.1. The Hall–Kier alpha value is -1.45. The van der Waals surface area contributed by atoms with Crippen molar-refractivity contribution >= 4 is 17.3 Å². The number of furan rings is 1. The van der Waals surface area contributed by atoms with Gasteiger partial charge in [0.15, 0.2) is 0 Å².